The van der Waals surface area contributed by atoms with Crippen LogP contribution in [0, 0.1) is 5.92 Å². The highest BCUT2D eigenvalue weighted by Crippen LogP contribution is 2.43. The molecule has 1 heterocycles. The highest BCUT2D eigenvalue weighted by Gasteiger charge is 2.49. The summed E-state index contributed by atoms with van der Waals surface area (Å²) in [5, 5.41) is 14.6. The van der Waals surface area contributed by atoms with Crippen LogP contribution in [0.25, 0.3) is 6.08 Å². The van der Waals surface area contributed by atoms with Gasteiger partial charge in [-0.1, -0.05) is 55.0 Å². The van der Waals surface area contributed by atoms with Crippen LogP contribution in [-0.4, -0.2) is 24.2 Å². The first-order valence-electron chi connectivity index (χ1n) is 9.48. The Balaban J connectivity index is 1.84. The lowest BCUT2D eigenvalue weighted by Gasteiger charge is -2.40. The molecular weight excluding hydrogens is 338 g/mol. The number of aliphatic hydroxyl groups is 1. The van der Waals surface area contributed by atoms with Crippen LogP contribution in [0.5, 0.6) is 0 Å². The summed E-state index contributed by atoms with van der Waals surface area (Å²) in [6.45, 7) is 2.28. The lowest BCUT2D eigenvalue weighted by molar-refractivity contribution is -0.142. The molecule has 4 nitrogen and oxygen atoms in total. The van der Waals surface area contributed by atoms with Gasteiger partial charge in [0.05, 0.1) is 0 Å². The molecule has 0 saturated heterocycles. The van der Waals surface area contributed by atoms with E-state index in [4.69, 9.17) is 4.74 Å². The van der Waals surface area contributed by atoms with E-state index in [-0.39, 0.29) is 5.91 Å². The number of hydrogen-bond donors (Lipinski definition) is 2. The Morgan fingerprint density at radius 2 is 2.00 bits per heavy atom. The third kappa shape index (κ3) is 3.09. The van der Waals surface area contributed by atoms with Crippen molar-refractivity contribution in [3.63, 3.8) is 0 Å². The molecule has 0 spiro atoms. The molecule has 1 aliphatic heterocycles. The molecule has 3 unspecified atom stereocenters. The van der Waals surface area contributed by atoms with Crippen LogP contribution in [0.4, 0.5) is 5.69 Å². The van der Waals surface area contributed by atoms with Crippen molar-refractivity contribution < 1.29 is 14.6 Å². The van der Waals surface area contributed by atoms with E-state index in [0.29, 0.717) is 16.8 Å². The van der Waals surface area contributed by atoms with E-state index in [0.717, 1.165) is 24.3 Å². The van der Waals surface area contributed by atoms with Crippen molar-refractivity contribution in [2.75, 3.05) is 12.4 Å². The summed E-state index contributed by atoms with van der Waals surface area (Å²) in [6, 6.07) is 15.1. The van der Waals surface area contributed by atoms with Crippen LogP contribution < -0.4 is 5.32 Å². The molecule has 1 amide bonds. The minimum Gasteiger partial charge on any atom is -0.377 e. The zero-order valence-corrected chi connectivity index (χ0v) is 15.7. The molecule has 2 aliphatic rings. The molecule has 4 rings (SSSR count). The quantitative estimate of drug-likeness (QED) is 0.863. The molecule has 1 aliphatic carbocycles. The Morgan fingerprint density at radius 1 is 1.22 bits per heavy atom. The molecular formula is C23H25NO3. The molecule has 0 aromatic heterocycles. The summed E-state index contributed by atoms with van der Waals surface area (Å²) in [7, 11) is 1.45. The van der Waals surface area contributed by atoms with Gasteiger partial charge in [0.25, 0.3) is 5.91 Å². The number of allylic oxidation sites excluding steroid dienone is 1. The van der Waals surface area contributed by atoms with Gasteiger partial charge in [-0.25, -0.2) is 0 Å². The third-order valence-electron chi connectivity index (χ3n) is 5.72. The lowest BCUT2D eigenvalue weighted by atomic mass is 9.77. The minimum atomic E-state index is -1.54. The maximum Gasteiger partial charge on any atom is 0.257 e. The molecule has 1 fully saturated rings. The van der Waals surface area contributed by atoms with Crippen molar-refractivity contribution in [2.24, 2.45) is 5.92 Å². The number of benzene rings is 2. The van der Waals surface area contributed by atoms with Gasteiger partial charge >= 0.3 is 0 Å². The number of carbonyl (C=O) groups excluding carboxylic acids is 1. The van der Waals surface area contributed by atoms with Crippen molar-refractivity contribution in [3.8, 4) is 0 Å². The van der Waals surface area contributed by atoms with Crippen LogP contribution in [0.2, 0.25) is 0 Å². The zero-order valence-electron chi connectivity index (χ0n) is 15.7. The van der Waals surface area contributed by atoms with Gasteiger partial charge in [0.15, 0.2) is 11.7 Å². The van der Waals surface area contributed by atoms with Crippen LogP contribution in [0.15, 0.2) is 54.1 Å². The number of ether oxygens (including phenoxy) is 1. The van der Waals surface area contributed by atoms with Crippen molar-refractivity contribution >= 4 is 17.7 Å². The minimum absolute atomic E-state index is 0.341. The van der Waals surface area contributed by atoms with Gasteiger partial charge in [0, 0.05) is 18.4 Å². The summed E-state index contributed by atoms with van der Waals surface area (Å²) in [5.41, 5.74) is 2.88. The average molecular weight is 363 g/mol. The predicted octanol–water partition coefficient (Wildman–Crippen LogP) is 4.09. The van der Waals surface area contributed by atoms with Gasteiger partial charge < -0.3 is 15.2 Å². The summed E-state index contributed by atoms with van der Waals surface area (Å²) in [4.78, 5) is 12.6. The fourth-order valence-corrected chi connectivity index (χ4v) is 4.33. The molecule has 4 heteroatoms. The molecule has 0 radical (unpaired) electrons. The van der Waals surface area contributed by atoms with Crippen molar-refractivity contribution in [2.45, 2.75) is 37.9 Å². The number of rotatable bonds is 3. The summed E-state index contributed by atoms with van der Waals surface area (Å²) >= 11 is 0. The van der Waals surface area contributed by atoms with Crippen LogP contribution in [0.1, 0.15) is 42.9 Å². The summed E-state index contributed by atoms with van der Waals surface area (Å²) in [6.07, 6.45) is 4.68. The smallest absolute Gasteiger partial charge is 0.257 e. The van der Waals surface area contributed by atoms with E-state index in [1.165, 1.54) is 19.1 Å². The van der Waals surface area contributed by atoms with Gasteiger partial charge in [0.2, 0.25) is 0 Å². The SMILES string of the molecule is COC1C(=O)Nc2ccc(/C=C3\CCC(C)C3)cc2C1(O)c1ccccc1. The lowest BCUT2D eigenvalue weighted by Crippen LogP contribution is -2.52. The first-order chi connectivity index (χ1) is 13.0. The van der Waals surface area contributed by atoms with E-state index in [9.17, 15) is 9.90 Å². The zero-order chi connectivity index (χ0) is 19.0. The van der Waals surface area contributed by atoms with Crippen LogP contribution in [-0.2, 0) is 15.1 Å². The Bertz CT molecular complexity index is 890. The number of nitrogens with one attached hydrogen (secondary N) is 1. The van der Waals surface area contributed by atoms with Gasteiger partial charge in [0.1, 0.15) is 0 Å². The monoisotopic (exact) mass is 363 g/mol. The van der Waals surface area contributed by atoms with Crippen molar-refractivity contribution in [1.82, 2.24) is 0 Å². The Morgan fingerprint density at radius 3 is 2.67 bits per heavy atom. The second kappa shape index (κ2) is 6.95. The second-order valence-corrected chi connectivity index (χ2v) is 7.69. The molecule has 140 valence electrons. The van der Waals surface area contributed by atoms with Gasteiger partial charge in [-0.3, -0.25) is 4.79 Å². The predicted molar refractivity (Wildman–Crippen MR) is 106 cm³/mol. The number of fused-ring (bicyclic) bond motifs is 1. The van der Waals surface area contributed by atoms with E-state index in [1.807, 2.05) is 48.5 Å². The van der Waals surface area contributed by atoms with E-state index < -0.39 is 11.7 Å². The van der Waals surface area contributed by atoms with E-state index in [1.54, 1.807) is 0 Å². The van der Waals surface area contributed by atoms with Crippen molar-refractivity contribution in [1.29, 1.82) is 0 Å². The second-order valence-electron chi connectivity index (χ2n) is 7.69. The van der Waals surface area contributed by atoms with E-state index in [2.05, 4.69) is 18.3 Å². The number of amides is 1. The average Bonchev–Trinajstić information content (AvgIpc) is 3.08. The molecule has 1 saturated carbocycles. The standard InChI is InChI=1S/C23H25NO3/c1-15-8-9-16(12-15)13-17-10-11-20-19(14-17)23(26,18-6-4-3-5-7-18)21(27-2)22(25)24-20/h3-7,10-11,13-15,21,26H,8-9,12H2,1-2H3,(H,24,25)/b16-13+. The van der Waals surface area contributed by atoms with Crippen LogP contribution >= 0.6 is 0 Å². The van der Waals surface area contributed by atoms with E-state index >= 15 is 0 Å². The Hall–Kier alpha value is -2.43. The van der Waals surface area contributed by atoms with Gasteiger partial charge in [-0.05, 0) is 48.4 Å². The normalized spacial score (nSPS) is 28.9. The third-order valence-corrected chi connectivity index (χ3v) is 5.72. The summed E-state index contributed by atoms with van der Waals surface area (Å²) in [5.74, 6) is 0.388. The molecule has 2 aromatic carbocycles. The number of carbonyl (C=O) groups is 1. The number of methoxy groups -OCH3 is 1. The Kier molecular flexibility index (Phi) is 4.62. The maximum atomic E-state index is 12.6. The largest absolute Gasteiger partial charge is 0.377 e. The van der Waals surface area contributed by atoms with Crippen molar-refractivity contribution in [3.05, 3.63) is 70.8 Å². The first kappa shape index (κ1) is 18.0. The molecule has 2 aromatic rings. The fourth-order valence-electron chi connectivity index (χ4n) is 4.33. The highest BCUT2D eigenvalue weighted by atomic mass is 16.5. The molecule has 2 N–H and O–H groups in total. The summed E-state index contributed by atoms with van der Waals surface area (Å²) < 4.78 is 5.44. The molecule has 3 atom stereocenters. The highest BCUT2D eigenvalue weighted by molar-refractivity contribution is 5.99. The van der Waals surface area contributed by atoms with Crippen LogP contribution in [0.3, 0.4) is 0 Å². The molecule has 27 heavy (non-hydrogen) atoms. The maximum absolute atomic E-state index is 12.6. The number of anilines is 1. The fraction of sp³-hybridized carbons (Fsp3) is 0.348. The first-order valence-corrected chi connectivity index (χ1v) is 9.48. The van der Waals surface area contributed by atoms with Gasteiger partial charge in [-0.2, -0.15) is 0 Å². The Labute approximate surface area is 159 Å². The number of hydrogen-bond acceptors (Lipinski definition) is 3. The van der Waals surface area contributed by atoms with Gasteiger partial charge in [-0.15, -0.1) is 0 Å². The molecule has 0 bridgehead atoms. The topological polar surface area (TPSA) is 58.6 Å².